The largest absolute Gasteiger partial charge is 0.481 e. The number of rotatable bonds is 4. The van der Waals surface area contributed by atoms with E-state index in [1.807, 2.05) is 6.92 Å². The molecular formula is C12H22N2O3. The molecule has 0 aromatic carbocycles. The van der Waals surface area contributed by atoms with E-state index >= 15 is 0 Å². The van der Waals surface area contributed by atoms with E-state index in [9.17, 15) is 14.7 Å². The van der Waals surface area contributed by atoms with Crippen LogP contribution >= 0.6 is 0 Å². The molecule has 17 heavy (non-hydrogen) atoms. The minimum atomic E-state index is -0.860. The summed E-state index contributed by atoms with van der Waals surface area (Å²) < 4.78 is 0. The second-order valence-corrected chi connectivity index (χ2v) is 5.04. The van der Waals surface area contributed by atoms with Crippen LogP contribution in [0.1, 0.15) is 46.0 Å². The van der Waals surface area contributed by atoms with Gasteiger partial charge in [0.2, 0.25) is 5.91 Å². The van der Waals surface area contributed by atoms with E-state index in [4.69, 9.17) is 5.73 Å². The molecule has 0 radical (unpaired) electrons. The molecule has 3 unspecified atom stereocenters. The van der Waals surface area contributed by atoms with E-state index in [2.05, 4.69) is 5.32 Å². The lowest BCUT2D eigenvalue weighted by Crippen LogP contribution is -2.55. The Labute approximate surface area is 102 Å². The average molecular weight is 242 g/mol. The van der Waals surface area contributed by atoms with E-state index in [0.717, 1.165) is 12.8 Å². The van der Waals surface area contributed by atoms with Gasteiger partial charge in [0.25, 0.3) is 0 Å². The first-order chi connectivity index (χ1) is 7.91. The molecule has 5 heteroatoms. The molecule has 0 aromatic rings. The van der Waals surface area contributed by atoms with Gasteiger partial charge < -0.3 is 16.2 Å². The summed E-state index contributed by atoms with van der Waals surface area (Å²) in [5, 5.41) is 12.1. The van der Waals surface area contributed by atoms with Gasteiger partial charge in [0.15, 0.2) is 0 Å². The second-order valence-electron chi connectivity index (χ2n) is 5.04. The minimum Gasteiger partial charge on any atom is -0.481 e. The number of nitrogens with two attached hydrogens (primary N) is 1. The van der Waals surface area contributed by atoms with Gasteiger partial charge in [-0.05, 0) is 26.2 Å². The van der Waals surface area contributed by atoms with Gasteiger partial charge in [-0.2, -0.15) is 0 Å². The highest BCUT2D eigenvalue weighted by Crippen LogP contribution is 2.36. The van der Waals surface area contributed by atoms with E-state index in [1.165, 1.54) is 0 Å². The van der Waals surface area contributed by atoms with Crippen LogP contribution in [0, 0.1) is 5.41 Å². The first-order valence-electron chi connectivity index (χ1n) is 6.21. The molecular weight excluding hydrogens is 220 g/mol. The monoisotopic (exact) mass is 242 g/mol. The van der Waals surface area contributed by atoms with Crippen molar-refractivity contribution in [1.29, 1.82) is 0 Å². The summed E-state index contributed by atoms with van der Waals surface area (Å²) in [6.45, 7) is 3.54. The summed E-state index contributed by atoms with van der Waals surface area (Å²) in [5.74, 6) is -1.08. The second kappa shape index (κ2) is 5.49. The summed E-state index contributed by atoms with van der Waals surface area (Å²) in [5.41, 5.74) is 4.78. The fourth-order valence-electron chi connectivity index (χ4n) is 2.29. The quantitative estimate of drug-likeness (QED) is 0.682. The van der Waals surface area contributed by atoms with Gasteiger partial charge in [0.05, 0.1) is 11.5 Å². The van der Waals surface area contributed by atoms with Crippen molar-refractivity contribution >= 4 is 11.9 Å². The molecule has 0 heterocycles. The molecule has 1 aliphatic rings. The number of hydrogen-bond donors (Lipinski definition) is 3. The highest BCUT2D eigenvalue weighted by molar-refractivity contribution is 5.83. The van der Waals surface area contributed by atoms with Crippen molar-refractivity contribution in [1.82, 2.24) is 5.32 Å². The van der Waals surface area contributed by atoms with E-state index < -0.39 is 17.4 Å². The van der Waals surface area contributed by atoms with Crippen molar-refractivity contribution in [3.8, 4) is 0 Å². The van der Waals surface area contributed by atoms with Crippen LogP contribution in [0.2, 0.25) is 0 Å². The van der Waals surface area contributed by atoms with Gasteiger partial charge in [0, 0.05) is 6.04 Å². The zero-order valence-corrected chi connectivity index (χ0v) is 10.5. The molecule has 98 valence electrons. The van der Waals surface area contributed by atoms with Crippen LogP contribution in [-0.2, 0) is 9.59 Å². The molecule has 1 saturated carbocycles. The fourth-order valence-corrected chi connectivity index (χ4v) is 2.29. The van der Waals surface area contributed by atoms with Crippen LogP contribution in [-0.4, -0.2) is 29.1 Å². The Morgan fingerprint density at radius 1 is 1.53 bits per heavy atom. The number of carbonyl (C=O) groups excluding carboxylic acids is 1. The first-order valence-corrected chi connectivity index (χ1v) is 6.21. The van der Waals surface area contributed by atoms with Crippen molar-refractivity contribution in [3.05, 3.63) is 0 Å². The van der Waals surface area contributed by atoms with Gasteiger partial charge in [-0.25, -0.2) is 0 Å². The van der Waals surface area contributed by atoms with Crippen LogP contribution in [0.4, 0.5) is 0 Å². The number of aliphatic carboxylic acids is 1. The lowest BCUT2D eigenvalue weighted by Gasteiger charge is -2.38. The zero-order chi connectivity index (χ0) is 13.1. The fraction of sp³-hybridized carbons (Fsp3) is 0.833. The third-order valence-electron chi connectivity index (χ3n) is 3.79. The van der Waals surface area contributed by atoms with E-state index in [0.29, 0.717) is 19.3 Å². The Morgan fingerprint density at radius 2 is 2.18 bits per heavy atom. The Hall–Kier alpha value is -1.10. The number of carboxylic acids is 1. The molecule has 4 N–H and O–H groups in total. The third kappa shape index (κ3) is 2.97. The van der Waals surface area contributed by atoms with Crippen LogP contribution in [0.25, 0.3) is 0 Å². The average Bonchev–Trinajstić information content (AvgIpc) is 2.30. The number of carboxylic acid groups (broad SMARTS) is 1. The maximum atomic E-state index is 11.7. The van der Waals surface area contributed by atoms with Gasteiger partial charge in [-0.15, -0.1) is 0 Å². The molecule has 1 aliphatic carbocycles. The molecule has 1 fully saturated rings. The smallest absolute Gasteiger partial charge is 0.311 e. The van der Waals surface area contributed by atoms with E-state index in [-0.39, 0.29) is 11.9 Å². The number of nitrogens with one attached hydrogen (secondary N) is 1. The molecule has 5 nitrogen and oxygen atoms in total. The molecule has 0 aliphatic heterocycles. The highest BCUT2D eigenvalue weighted by atomic mass is 16.4. The van der Waals surface area contributed by atoms with Crippen LogP contribution in [0.15, 0.2) is 0 Å². The molecule has 0 spiro atoms. The minimum absolute atomic E-state index is 0.244. The summed E-state index contributed by atoms with van der Waals surface area (Å²) in [4.78, 5) is 23.0. The van der Waals surface area contributed by atoms with Crippen LogP contribution in [0.3, 0.4) is 0 Å². The predicted molar refractivity (Wildman–Crippen MR) is 64.4 cm³/mol. The normalized spacial score (nSPS) is 30.6. The van der Waals surface area contributed by atoms with E-state index in [1.54, 1.807) is 6.92 Å². The number of hydrogen-bond acceptors (Lipinski definition) is 3. The Kier molecular flexibility index (Phi) is 4.51. The molecule has 1 rings (SSSR count). The lowest BCUT2D eigenvalue weighted by atomic mass is 9.71. The standard InChI is InChI=1S/C12H22N2O3/c1-3-8(13)10(15)14-9-6-4-5-7-12(9,2)11(16)17/h8-9H,3-7,13H2,1-2H3,(H,14,15)(H,16,17). The summed E-state index contributed by atoms with van der Waals surface area (Å²) in [6.07, 6.45) is 3.73. The SMILES string of the molecule is CCC(N)C(=O)NC1CCCCC1(C)C(=O)O. The lowest BCUT2D eigenvalue weighted by molar-refractivity contribution is -0.152. The third-order valence-corrected chi connectivity index (χ3v) is 3.79. The number of amides is 1. The van der Waals surface area contributed by atoms with Crippen molar-refractivity contribution in [2.75, 3.05) is 0 Å². The van der Waals surface area contributed by atoms with Crippen molar-refractivity contribution < 1.29 is 14.7 Å². The summed E-state index contributed by atoms with van der Waals surface area (Å²) >= 11 is 0. The predicted octanol–water partition coefficient (Wildman–Crippen LogP) is 0.873. The Morgan fingerprint density at radius 3 is 2.71 bits per heavy atom. The van der Waals surface area contributed by atoms with Gasteiger partial charge in [-0.3, -0.25) is 9.59 Å². The van der Waals surface area contributed by atoms with Crippen molar-refractivity contribution in [2.24, 2.45) is 11.1 Å². The Balaban J connectivity index is 2.73. The van der Waals surface area contributed by atoms with Gasteiger partial charge in [0.1, 0.15) is 0 Å². The number of carbonyl (C=O) groups is 2. The molecule has 0 aromatic heterocycles. The van der Waals surface area contributed by atoms with Crippen LogP contribution < -0.4 is 11.1 Å². The van der Waals surface area contributed by atoms with Crippen molar-refractivity contribution in [2.45, 2.75) is 58.0 Å². The molecule has 3 atom stereocenters. The molecule has 1 amide bonds. The summed E-state index contributed by atoms with van der Waals surface area (Å²) in [7, 11) is 0. The molecule has 0 saturated heterocycles. The summed E-state index contributed by atoms with van der Waals surface area (Å²) in [6, 6.07) is -0.853. The zero-order valence-electron chi connectivity index (χ0n) is 10.5. The Bertz CT molecular complexity index is 306. The van der Waals surface area contributed by atoms with Crippen molar-refractivity contribution in [3.63, 3.8) is 0 Å². The maximum Gasteiger partial charge on any atom is 0.311 e. The van der Waals surface area contributed by atoms with Gasteiger partial charge >= 0.3 is 5.97 Å². The topological polar surface area (TPSA) is 92.4 Å². The van der Waals surface area contributed by atoms with Crippen LogP contribution in [0.5, 0.6) is 0 Å². The first kappa shape index (κ1) is 14.0. The van der Waals surface area contributed by atoms with Gasteiger partial charge in [-0.1, -0.05) is 19.8 Å². The molecule has 0 bridgehead atoms. The highest BCUT2D eigenvalue weighted by Gasteiger charge is 2.44. The maximum absolute atomic E-state index is 11.7.